The first-order valence-electron chi connectivity index (χ1n) is 7.67. The van der Waals surface area contributed by atoms with Gasteiger partial charge < -0.3 is 15.5 Å². The Morgan fingerprint density at radius 1 is 1.35 bits per heavy atom. The number of thiophene rings is 1. The van der Waals surface area contributed by atoms with Gasteiger partial charge in [-0.05, 0) is 12.5 Å². The summed E-state index contributed by atoms with van der Waals surface area (Å²) in [4.78, 5) is 26.3. The van der Waals surface area contributed by atoms with Crippen LogP contribution in [-0.4, -0.2) is 47.0 Å². The van der Waals surface area contributed by atoms with E-state index in [1.54, 1.807) is 17.7 Å². The molecule has 1 fully saturated rings. The summed E-state index contributed by atoms with van der Waals surface area (Å²) >= 11 is 1.74. The van der Waals surface area contributed by atoms with Crippen molar-refractivity contribution >= 4 is 33.3 Å². The second-order valence-corrected chi connectivity index (χ2v) is 6.50. The van der Waals surface area contributed by atoms with E-state index in [1.807, 2.05) is 4.90 Å². The number of carbonyl (C=O) groups excluding carboxylic acids is 1. The molecule has 2 aromatic rings. The van der Waals surface area contributed by atoms with E-state index < -0.39 is 0 Å². The summed E-state index contributed by atoms with van der Waals surface area (Å²) in [5.41, 5.74) is 5.09. The number of nitrogens with two attached hydrogens (primary N) is 1. The molecule has 1 aliphatic rings. The van der Waals surface area contributed by atoms with Gasteiger partial charge in [0.1, 0.15) is 17.0 Å². The van der Waals surface area contributed by atoms with Crippen LogP contribution in [0, 0.1) is 12.0 Å². The number of amides is 1. The summed E-state index contributed by atoms with van der Waals surface area (Å²) in [6, 6.07) is 5.20. The standard InChI is InChI=1S/C16H19N5OS/c1-2-12-10-13-15(18-11-19-16(13)23-12)21-8-6-20(7-9-21)5-3-4-14(17)22/h10-11H,2,4,6-9H2,1H3,(H2,17,22). The van der Waals surface area contributed by atoms with Gasteiger partial charge in [0.05, 0.1) is 11.8 Å². The lowest BCUT2D eigenvalue weighted by Crippen LogP contribution is -2.44. The van der Waals surface area contributed by atoms with Gasteiger partial charge in [-0.2, -0.15) is 0 Å². The zero-order valence-electron chi connectivity index (χ0n) is 13.1. The lowest BCUT2D eigenvalue weighted by molar-refractivity contribution is -0.117. The monoisotopic (exact) mass is 329 g/mol. The number of primary amides is 1. The quantitative estimate of drug-likeness (QED) is 0.857. The van der Waals surface area contributed by atoms with Gasteiger partial charge in [0.2, 0.25) is 5.91 Å². The number of hydrogen-bond acceptors (Lipinski definition) is 6. The van der Waals surface area contributed by atoms with Crippen molar-refractivity contribution in [3.63, 3.8) is 0 Å². The molecule has 0 spiro atoms. The Hall–Kier alpha value is -2.33. The van der Waals surface area contributed by atoms with E-state index >= 15 is 0 Å². The molecule has 0 saturated carbocycles. The lowest BCUT2D eigenvalue weighted by atomic mass is 10.2. The third-order valence-corrected chi connectivity index (χ3v) is 4.97. The highest BCUT2D eigenvalue weighted by Crippen LogP contribution is 2.30. The third kappa shape index (κ3) is 3.54. The number of hydrogen-bond donors (Lipinski definition) is 1. The van der Waals surface area contributed by atoms with E-state index in [9.17, 15) is 4.79 Å². The van der Waals surface area contributed by atoms with Crippen LogP contribution in [0.15, 0.2) is 12.4 Å². The topological polar surface area (TPSA) is 75.3 Å². The van der Waals surface area contributed by atoms with E-state index in [0.29, 0.717) is 0 Å². The van der Waals surface area contributed by atoms with Crippen LogP contribution in [0.25, 0.3) is 10.2 Å². The van der Waals surface area contributed by atoms with Crippen LogP contribution in [0.1, 0.15) is 18.2 Å². The normalized spacial score (nSPS) is 14.7. The van der Waals surface area contributed by atoms with Gasteiger partial charge in [0, 0.05) is 37.1 Å². The predicted octanol–water partition coefficient (Wildman–Crippen LogP) is 1.21. The average molecular weight is 329 g/mol. The minimum atomic E-state index is -0.385. The molecular formula is C16H19N5OS. The highest BCUT2D eigenvalue weighted by molar-refractivity contribution is 7.18. The van der Waals surface area contributed by atoms with E-state index in [2.05, 4.69) is 39.8 Å². The molecule has 6 nitrogen and oxygen atoms in total. The maximum atomic E-state index is 10.7. The SMILES string of the molecule is CCc1cc2c(N3CCN(C#CCC(N)=O)CC3)ncnc2s1. The molecule has 2 aromatic heterocycles. The Bertz CT molecular complexity index is 768. The molecule has 23 heavy (non-hydrogen) atoms. The number of rotatable bonds is 3. The van der Waals surface area contributed by atoms with E-state index in [0.717, 1.165) is 48.6 Å². The smallest absolute Gasteiger partial charge is 0.229 e. The molecule has 7 heteroatoms. The Morgan fingerprint density at radius 3 is 2.83 bits per heavy atom. The van der Waals surface area contributed by atoms with Gasteiger partial charge in [0.25, 0.3) is 0 Å². The second-order valence-electron chi connectivity index (χ2n) is 5.39. The van der Waals surface area contributed by atoms with E-state index in [1.165, 1.54) is 4.88 Å². The molecule has 120 valence electrons. The molecule has 0 atom stereocenters. The minimum absolute atomic E-state index is 0.113. The van der Waals surface area contributed by atoms with Gasteiger partial charge in [-0.25, -0.2) is 9.97 Å². The molecule has 0 aromatic carbocycles. The lowest BCUT2D eigenvalue weighted by Gasteiger charge is -2.33. The fourth-order valence-corrected chi connectivity index (χ4v) is 3.52. The van der Waals surface area contributed by atoms with Crippen LogP contribution < -0.4 is 10.6 Å². The highest BCUT2D eigenvalue weighted by Gasteiger charge is 2.19. The molecule has 0 bridgehead atoms. The van der Waals surface area contributed by atoms with Crippen LogP contribution in [-0.2, 0) is 11.2 Å². The first-order chi connectivity index (χ1) is 11.2. The minimum Gasteiger partial charge on any atom is -0.369 e. The summed E-state index contributed by atoms with van der Waals surface area (Å²) in [5.74, 6) is 3.43. The number of carbonyl (C=O) groups is 1. The maximum Gasteiger partial charge on any atom is 0.229 e. The molecule has 0 aliphatic carbocycles. The van der Waals surface area contributed by atoms with Gasteiger partial charge in [0.15, 0.2) is 0 Å². The van der Waals surface area contributed by atoms with Crippen molar-refractivity contribution in [1.29, 1.82) is 0 Å². The molecule has 0 unspecified atom stereocenters. The number of fused-ring (bicyclic) bond motifs is 1. The molecule has 2 N–H and O–H groups in total. The van der Waals surface area contributed by atoms with Crippen molar-refractivity contribution in [1.82, 2.24) is 14.9 Å². The van der Waals surface area contributed by atoms with Crippen LogP contribution >= 0.6 is 11.3 Å². The summed E-state index contributed by atoms with van der Waals surface area (Å²) in [6.45, 7) is 5.51. The molecule has 1 aliphatic heterocycles. The molecule has 0 radical (unpaired) electrons. The number of aromatic nitrogens is 2. The Balaban J connectivity index is 1.71. The van der Waals surface area contributed by atoms with Crippen LogP contribution in [0.5, 0.6) is 0 Å². The van der Waals surface area contributed by atoms with E-state index in [4.69, 9.17) is 5.73 Å². The van der Waals surface area contributed by atoms with Crippen molar-refractivity contribution in [3.8, 4) is 12.0 Å². The largest absolute Gasteiger partial charge is 0.369 e. The molecule has 1 amide bonds. The van der Waals surface area contributed by atoms with Crippen molar-refractivity contribution in [2.75, 3.05) is 31.1 Å². The zero-order valence-corrected chi connectivity index (χ0v) is 13.9. The van der Waals surface area contributed by atoms with E-state index in [-0.39, 0.29) is 12.3 Å². The number of nitrogens with zero attached hydrogens (tertiary/aromatic N) is 4. The Morgan fingerprint density at radius 2 is 2.13 bits per heavy atom. The highest BCUT2D eigenvalue weighted by atomic mass is 32.1. The summed E-state index contributed by atoms with van der Waals surface area (Å²) < 4.78 is 0. The van der Waals surface area contributed by atoms with Crippen molar-refractivity contribution < 1.29 is 4.79 Å². The molecular weight excluding hydrogens is 310 g/mol. The van der Waals surface area contributed by atoms with Gasteiger partial charge >= 0.3 is 0 Å². The first kappa shape index (κ1) is 15.6. The van der Waals surface area contributed by atoms with Crippen LogP contribution in [0.2, 0.25) is 0 Å². The second kappa shape index (κ2) is 6.84. The summed E-state index contributed by atoms with van der Waals surface area (Å²) in [7, 11) is 0. The summed E-state index contributed by atoms with van der Waals surface area (Å²) in [6.07, 6.45) is 2.78. The molecule has 3 heterocycles. The number of piperazine rings is 1. The van der Waals surface area contributed by atoms with Gasteiger partial charge in [-0.1, -0.05) is 12.8 Å². The fraction of sp³-hybridized carbons (Fsp3) is 0.438. The van der Waals surface area contributed by atoms with Gasteiger partial charge in [-0.15, -0.1) is 11.3 Å². The predicted molar refractivity (Wildman–Crippen MR) is 92.2 cm³/mol. The molecule has 1 saturated heterocycles. The molecule has 3 rings (SSSR count). The van der Waals surface area contributed by atoms with Crippen molar-refractivity contribution in [3.05, 3.63) is 17.3 Å². The Kier molecular flexibility index (Phi) is 4.63. The zero-order chi connectivity index (χ0) is 16.2. The fourth-order valence-electron chi connectivity index (χ4n) is 2.59. The average Bonchev–Trinajstić information content (AvgIpc) is 2.98. The Labute approximate surface area is 139 Å². The van der Waals surface area contributed by atoms with Crippen LogP contribution in [0.3, 0.4) is 0 Å². The van der Waals surface area contributed by atoms with Crippen molar-refractivity contribution in [2.24, 2.45) is 5.73 Å². The summed E-state index contributed by atoms with van der Waals surface area (Å²) in [5, 5.41) is 1.14. The number of aryl methyl sites for hydroxylation is 1. The third-order valence-electron chi connectivity index (χ3n) is 3.79. The van der Waals surface area contributed by atoms with Crippen molar-refractivity contribution in [2.45, 2.75) is 19.8 Å². The van der Waals surface area contributed by atoms with Crippen LogP contribution in [0.4, 0.5) is 5.82 Å². The van der Waals surface area contributed by atoms with Gasteiger partial charge in [-0.3, -0.25) is 4.79 Å². The number of anilines is 1. The first-order valence-corrected chi connectivity index (χ1v) is 8.49. The maximum absolute atomic E-state index is 10.7.